The van der Waals surface area contributed by atoms with Crippen molar-refractivity contribution >= 4 is 54.5 Å². The molecule has 1 aromatic heterocycles. The van der Waals surface area contributed by atoms with Crippen LogP contribution in [-0.4, -0.2) is 9.97 Å². The van der Waals surface area contributed by atoms with E-state index in [2.05, 4.69) is 41.8 Å². The third-order valence-electron chi connectivity index (χ3n) is 1.72. The highest BCUT2D eigenvalue weighted by molar-refractivity contribution is 9.13. The van der Waals surface area contributed by atoms with E-state index in [0.29, 0.717) is 5.88 Å². The summed E-state index contributed by atoms with van der Waals surface area (Å²) in [6, 6.07) is 3.93. The van der Waals surface area contributed by atoms with Gasteiger partial charge in [-0.15, -0.1) is 11.6 Å². The molecule has 0 saturated heterocycles. The zero-order valence-corrected chi connectivity index (χ0v) is 10.4. The Hall–Kier alpha value is -0.0600. The van der Waals surface area contributed by atoms with Crippen molar-refractivity contribution in [1.82, 2.24) is 9.97 Å². The van der Waals surface area contributed by atoms with Crippen molar-refractivity contribution in [2.24, 2.45) is 0 Å². The Morgan fingerprint density at radius 1 is 1.38 bits per heavy atom. The smallest absolute Gasteiger partial charge is 0.122 e. The molecule has 0 aliphatic carbocycles. The maximum Gasteiger partial charge on any atom is 0.122 e. The van der Waals surface area contributed by atoms with Gasteiger partial charge in [0.2, 0.25) is 0 Å². The van der Waals surface area contributed by atoms with Gasteiger partial charge >= 0.3 is 0 Å². The van der Waals surface area contributed by atoms with Gasteiger partial charge in [0, 0.05) is 4.47 Å². The number of fused-ring (bicyclic) bond motifs is 1. The van der Waals surface area contributed by atoms with Gasteiger partial charge in [-0.1, -0.05) is 0 Å². The summed E-state index contributed by atoms with van der Waals surface area (Å²) >= 11 is 12.5. The Labute approximate surface area is 96.9 Å². The maximum absolute atomic E-state index is 5.67. The molecular weight excluding hydrogens is 319 g/mol. The first-order valence-electron chi connectivity index (χ1n) is 3.61. The second-order valence-electron chi connectivity index (χ2n) is 2.57. The summed E-state index contributed by atoms with van der Waals surface area (Å²) in [5.74, 6) is 1.19. The Morgan fingerprint density at radius 2 is 2.15 bits per heavy atom. The molecular formula is C8H5Br2ClN2. The lowest BCUT2D eigenvalue weighted by molar-refractivity contribution is 1.13. The van der Waals surface area contributed by atoms with Gasteiger partial charge in [-0.2, -0.15) is 0 Å². The topological polar surface area (TPSA) is 28.7 Å². The summed E-state index contributed by atoms with van der Waals surface area (Å²) in [7, 11) is 0. The highest BCUT2D eigenvalue weighted by Gasteiger charge is 2.07. The molecule has 0 fully saturated rings. The molecule has 0 radical (unpaired) electrons. The molecule has 2 nitrogen and oxygen atoms in total. The summed E-state index contributed by atoms with van der Waals surface area (Å²) in [5, 5.41) is 0. The molecule has 5 heteroatoms. The zero-order valence-electron chi connectivity index (χ0n) is 6.44. The monoisotopic (exact) mass is 322 g/mol. The van der Waals surface area contributed by atoms with Crippen LogP contribution in [0.1, 0.15) is 5.82 Å². The van der Waals surface area contributed by atoms with Crippen LogP contribution >= 0.6 is 43.5 Å². The molecule has 0 aliphatic rings. The molecule has 0 saturated carbocycles. The number of nitrogens with zero attached hydrogens (tertiary/aromatic N) is 1. The van der Waals surface area contributed by atoms with Crippen molar-refractivity contribution in [3.05, 3.63) is 26.9 Å². The number of halogens is 3. The quantitative estimate of drug-likeness (QED) is 0.794. The highest BCUT2D eigenvalue weighted by Crippen LogP contribution is 2.30. The van der Waals surface area contributed by atoms with Crippen molar-refractivity contribution < 1.29 is 0 Å². The first-order valence-corrected chi connectivity index (χ1v) is 5.73. The van der Waals surface area contributed by atoms with Gasteiger partial charge in [-0.3, -0.25) is 0 Å². The van der Waals surface area contributed by atoms with E-state index in [1.54, 1.807) is 0 Å². The van der Waals surface area contributed by atoms with Gasteiger partial charge in [0.15, 0.2) is 0 Å². The fourth-order valence-corrected chi connectivity index (χ4v) is 2.01. The van der Waals surface area contributed by atoms with E-state index in [9.17, 15) is 0 Å². The van der Waals surface area contributed by atoms with Crippen LogP contribution in [0.4, 0.5) is 0 Å². The first kappa shape index (κ1) is 9.49. The van der Waals surface area contributed by atoms with Crippen LogP contribution in [0.15, 0.2) is 21.1 Å². The molecule has 0 amide bonds. The minimum absolute atomic E-state index is 0.402. The van der Waals surface area contributed by atoms with Crippen LogP contribution in [0.3, 0.4) is 0 Å². The van der Waals surface area contributed by atoms with Crippen LogP contribution in [-0.2, 0) is 5.88 Å². The zero-order chi connectivity index (χ0) is 9.42. The minimum atomic E-state index is 0.402. The van der Waals surface area contributed by atoms with Gasteiger partial charge in [0.05, 0.1) is 15.9 Å². The molecule has 1 N–H and O–H groups in total. The third-order valence-corrected chi connectivity index (χ3v) is 3.97. The molecule has 2 aromatic rings. The Kier molecular flexibility index (Phi) is 2.62. The Bertz CT molecular complexity index is 453. The summed E-state index contributed by atoms with van der Waals surface area (Å²) in [6.45, 7) is 0. The lowest BCUT2D eigenvalue weighted by Gasteiger charge is -1.94. The third kappa shape index (κ3) is 1.63. The second kappa shape index (κ2) is 3.59. The number of nitrogens with one attached hydrogen (secondary N) is 1. The van der Waals surface area contributed by atoms with Crippen molar-refractivity contribution in [2.45, 2.75) is 5.88 Å². The van der Waals surface area contributed by atoms with Gasteiger partial charge < -0.3 is 4.98 Å². The number of H-pyrrole nitrogens is 1. The SMILES string of the molecule is ClCc1nc2c(Br)c(Br)ccc2[nH]1. The maximum atomic E-state index is 5.67. The summed E-state index contributed by atoms with van der Waals surface area (Å²) in [6.07, 6.45) is 0. The molecule has 0 bridgehead atoms. The van der Waals surface area contributed by atoms with Gasteiger partial charge in [0.25, 0.3) is 0 Å². The molecule has 68 valence electrons. The highest BCUT2D eigenvalue weighted by atomic mass is 79.9. The van der Waals surface area contributed by atoms with Gasteiger partial charge in [-0.05, 0) is 44.0 Å². The van der Waals surface area contributed by atoms with E-state index < -0.39 is 0 Å². The number of aromatic nitrogens is 2. The molecule has 0 unspecified atom stereocenters. The van der Waals surface area contributed by atoms with E-state index >= 15 is 0 Å². The average Bonchev–Trinajstić information content (AvgIpc) is 2.55. The Balaban J connectivity index is 2.76. The molecule has 0 spiro atoms. The standard InChI is InChI=1S/C8H5Br2ClN2/c9-4-1-2-5-8(7(4)10)13-6(3-11)12-5/h1-2H,3H2,(H,12,13). The van der Waals surface area contributed by atoms with Crippen LogP contribution < -0.4 is 0 Å². The second-order valence-corrected chi connectivity index (χ2v) is 4.49. The van der Waals surface area contributed by atoms with Crippen LogP contribution in [0, 0.1) is 0 Å². The van der Waals surface area contributed by atoms with E-state index in [4.69, 9.17) is 11.6 Å². The van der Waals surface area contributed by atoms with Crippen molar-refractivity contribution in [3.8, 4) is 0 Å². The largest absolute Gasteiger partial charge is 0.341 e. The predicted octanol–water partition coefficient (Wildman–Crippen LogP) is 3.83. The number of hydrogen-bond donors (Lipinski definition) is 1. The number of rotatable bonds is 1. The van der Waals surface area contributed by atoms with Gasteiger partial charge in [-0.25, -0.2) is 4.98 Å². The van der Waals surface area contributed by atoms with E-state index in [1.165, 1.54) is 0 Å². The summed E-state index contributed by atoms with van der Waals surface area (Å²) in [4.78, 5) is 7.45. The fraction of sp³-hybridized carbons (Fsp3) is 0.125. The Morgan fingerprint density at radius 3 is 2.85 bits per heavy atom. The molecule has 1 heterocycles. The van der Waals surface area contributed by atoms with E-state index in [0.717, 1.165) is 25.8 Å². The van der Waals surface area contributed by atoms with Crippen LogP contribution in [0.25, 0.3) is 11.0 Å². The van der Waals surface area contributed by atoms with Crippen molar-refractivity contribution in [2.75, 3.05) is 0 Å². The predicted molar refractivity (Wildman–Crippen MR) is 61.1 cm³/mol. The van der Waals surface area contributed by atoms with Crippen LogP contribution in [0.5, 0.6) is 0 Å². The normalized spacial score (nSPS) is 11.0. The molecule has 13 heavy (non-hydrogen) atoms. The van der Waals surface area contributed by atoms with Gasteiger partial charge in [0.1, 0.15) is 11.3 Å². The lowest BCUT2D eigenvalue weighted by atomic mass is 10.3. The first-order chi connectivity index (χ1) is 6.22. The summed E-state index contributed by atoms with van der Waals surface area (Å²) < 4.78 is 1.95. The molecule has 0 aliphatic heterocycles. The number of alkyl halides is 1. The number of imidazole rings is 1. The van der Waals surface area contributed by atoms with Crippen LogP contribution in [0.2, 0.25) is 0 Å². The summed E-state index contributed by atoms with van der Waals surface area (Å²) in [5.41, 5.74) is 1.90. The number of hydrogen-bond acceptors (Lipinski definition) is 1. The number of benzene rings is 1. The number of aromatic amines is 1. The lowest BCUT2D eigenvalue weighted by Crippen LogP contribution is -1.77. The molecule has 0 atom stereocenters. The molecule has 1 aromatic carbocycles. The molecule has 2 rings (SSSR count). The van der Waals surface area contributed by atoms with Crippen molar-refractivity contribution in [3.63, 3.8) is 0 Å². The minimum Gasteiger partial charge on any atom is -0.341 e. The average molecular weight is 324 g/mol. The van der Waals surface area contributed by atoms with Crippen molar-refractivity contribution in [1.29, 1.82) is 0 Å². The van der Waals surface area contributed by atoms with E-state index in [1.807, 2.05) is 12.1 Å². The van der Waals surface area contributed by atoms with E-state index in [-0.39, 0.29) is 0 Å². The fourth-order valence-electron chi connectivity index (χ4n) is 1.13.